The molecule has 0 aliphatic heterocycles. The van der Waals surface area contributed by atoms with E-state index in [4.69, 9.17) is 10.1 Å². The summed E-state index contributed by atoms with van der Waals surface area (Å²) in [6.07, 6.45) is 18.4. The number of hydrogen-bond donors (Lipinski definition) is 3. The number of nitrogens with one attached hydrogen (secondary N) is 3. The number of rotatable bonds is 6. The monoisotopic (exact) mass is 418 g/mol. The van der Waals surface area contributed by atoms with Crippen LogP contribution >= 0.6 is 0 Å². The molecule has 3 aliphatic carbocycles. The number of anilines is 1. The molecule has 3 aliphatic rings. The third-order valence-corrected chi connectivity index (χ3v) is 5.82. The first-order valence-corrected chi connectivity index (χ1v) is 10.9. The van der Waals surface area contributed by atoms with E-state index in [1.807, 2.05) is 6.20 Å². The summed E-state index contributed by atoms with van der Waals surface area (Å²) in [7, 11) is 0. The van der Waals surface area contributed by atoms with E-state index in [0.717, 1.165) is 25.7 Å². The van der Waals surface area contributed by atoms with Gasteiger partial charge in [-0.3, -0.25) is 4.79 Å². The van der Waals surface area contributed by atoms with E-state index in [2.05, 4.69) is 20.7 Å². The second-order valence-electron chi connectivity index (χ2n) is 8.30. The smallest absolute Gasteiger partial charge is 0.259 e. The Hall–Kier alpha value is -3.42. The molecule has 0 atom stereocenters. The van der Waals surface area contributed by atoms with Crippen LogP contribution in [-0.2, 0) is 9.53 Å². The zero-order valence-corrected chi connectivity index (χ0v) is 17.3. The Morgan fingerprint density at radius 3 is 2.84 bits per heavy atom. The number of allylic oxidation sites excluding steroid dienone is 3. The van der Waals surface area contributed by atoms with Gasteiger partial charge in [0.05, 0.1) is 23.6 Å². The van der Waals surface area contributed by atoms with Crippen molar-refractivity contribution in [1.29, 1.82) is 5.41 Å². The lowest BCUT2D eigenvalue weighted by Gasteiger charge is -2.23. The normalized spacial score (nSPS) is 21.0. The van der Waals surface area contributed by atoms with Crippen molar-refractivity contribution in [2.45, 2.75) is 57.1 Å². The molecule has 160 valence electrons. The summed E-state index contributed by atoms with van der Waals surface area (Å²) in [5, 5.41) is 19.0. The number of amides is 1. The first-order chi connectivity index (χ1) is 15.2. The fraction of sp³-hybridized carbons (Fsp3) is 0.391. The second-order valence-corrected chi connectivity index (χ2v) is 8.30. The number of hydrogen-bond acceptors (Lipinski definition) is 6. The maximum absolute atomic E-state index is 13.2. The van der Waals surface area contributed by atoms with Gasteiger partial charge in [-0.25, -0.2) is 9.50 Å². The highest BCUT2D eigenvalue weighted by Gasteiger charge is 2.30. The third-order valence-electron chi connectivity index (χ3n) is 5.82. The second kappa shape index (κ2) is 8.37. The Kier molecular flexibility index (Phi) is 5.28. The molecular formula is C23H26N6O2. The van der Waals surface area contributed by atoms with Crippen molar-refractivity contribution in [1.82, 2.24) is 19.9 Å². The highest BCUT2D eigenvalue weighted by Crippen LogP contribution is 2.32. The number of aromatic nitrogens is 3. The molecule has 0 radical (unpaired) electrons. The quantitative estimate of drug-likeness (QED) is 0.666. The number of fused-ring (bicyclic) bond motifs is 1. The molecule has 0 unspecified atom stereocenters. The predicted molar refractivity (Wildman–Crippen MR) is 118 cm³/mol. The molecule has 2 aromatic heterocycles. The highest BCUT2D eigenvalue weighted by molar-refractivity contribution is 6.16. The van der Waals surface area contributed by atoms with Crippen molar-refractivity contribution in [3.05, 3.63) is 59.9 Å². The molecule has 31 heavy (non-hydrogen) atoms. The summed E-state index contributed by atoms with van der Waals surface area (Å²) in [6.45, 7) is 0. The van der Waals surface area contributed by atoms with E-state index in [9.17, 15) is 4.79 Å². The van der Waals surface area contributed by atoms with Crippen LogP contribution in [0.5, 0.6) is 0 Å². The molecular weight excluding hydrogens is 392 g/mol. The van der Waals surface area contributed by atoms with Gasteiger partial charge in [-0.15, -0.1) is 0 Å². The van der Waals surface area contributed by atoms with Gasteiger partial charge in [-0.05, 0) is 37.8 Å². The van der Waals surface area contributed by atoms with Crippen LogP contribution in [0, 0.1) is 5.41 Å². The Balaban J connectivity index is 1.39. The molecule has 2 fully saturated rings. The molecule has 0 aromatic carbocycles. The van der Waals surface area contributed by atoms with Gasteiger partial charge >= 0.3 is 0 Å². The summed E-state index contributed by atoms with van der Waals surface area (Å²) < 4.78 is 7.57. The van der Waals surface area contributed by atoms with Crippen LogP contribution in [0.15, 0.2) is 59.9 Å². The number of carbonyl (C=O) groups excluding carboxylic acids is 1. The van der Waals surface area contributed by atoms with E-state index in [0.29, 0.717) is 40.0 Å². The maximum Gasteiger partial charge on any atom is 0.259 e. The van der Waals surface area contributed by atoms with Crippen molar-refractivity contribution in [2.75, 3.05) is 5.32 Å². The number of ether oxygens (including phenoxy) is 1. The maximum atomic E-state index is 13.2. The van der Waals surface area contributed by atoms with Crippen LogP contribution in [0.3, 0.4) is 0 Å². The summed E-state index contributed by atoms with van der Waals surface area (Å²) in [5.74, 6) is 0.146. The molecule has 5 rings (SSSR count). The fourth-order valence-corrected chi connectivity index (χ4v) is 3.94. The van der Waals surface area contributed by atoms with Crippen molar-refractivity contribution in [3.63, 3.8) is 0 Å². The van der Waals surface area contributed by atoms with Crippen molar-refractivity contribution in [3.8, 4) is 0 Å². The van der Waals surface area contributed by atoms with Gasteiger partial charge < -0.3 is 20.8 Å². The molecule has 0 bridgehead atoms. The van der Waals surface area contributed by atoms with E-state index >= 15 is 0 Å². The van der Waals surface area contributed by atoms with Gasteiger partial charge in [0.2, 0.25) is 0 Å². The minimum atomic E-state index is -0.302. The summed E-state index contributed by atoms with van der Waals surface area (Å²) in [6, 6.07) is 2.21. The molecule has 0 saturated heterocycles. The Labute approximate surface area is 180 Å². The molecule has 2 aromatic rings. The molecule has 2 saturated carbocycles. The van der Waals surface area contributed by atoms with Gasteiger partial charge in [0.15, 0.2) is 5.65 Å². The van der Waals surface area contributed by atoms with Crippen LogP contribution in [0.25, 0.3) is 5.65 Å². The van der Waals surface area contributed by atoms with E-state index in [1.54, 1.807) is 41.3 Å². The van der Waals surface area contributed by atoms with Crippen LogP contribution in [0.2, 0.25) is 0 Å². The fourth-order valence-electron chi connectivity index (χ4n) is 3.94. The Morgan fingerprint density at radius 2 is 2.03 bits per heavy atom. The van der Waals surface area contributed by atoms with E-state index in [1.165, 1.54) is 19.3 Å². The molecule has 0 spiro atoms. The Morgan fingerprint density at radius 1 is 1.19 bits per heavy atom. The lowest BCUT2D eigenvalue weighted by Crippen LogP contribution is -2.28. The molecule has 2 heterocycles. The zero-order chi connectivity index (χ0) is 21.2. The average Bonchev–Trinajstić information content (AvgIpc) is 3.52. The standard InChI is InChI=1S/C23H26N6O2/c24-19-12-21(31-17-7-8-17)18(11-15(19)13-26-16-5-2-1-3-6-16)23(30)28-20-14-27-29-10-4-9-25-22(20)29/h4,9-14,16-17,24,26H,1-3,5-8H2,(H,28,30)/b15-13-,24-19?. The molecule has 8 nitrogen and oxygen atoms in total. The minimum Gasteiger partial charge on any atom is -0.490 e. The predicted octanol–water partition coefficient (Wildman–Crippen LogP) is 3.50. The third kappa shape index (κ3) is 4.38. The first kappa shape index (κ1) is 19.5. The van der Waals surface area contributed by atoms with Gasteiger partial charge in [0.25, 0.3) is 5.91 Å². The van der Waals surface area contributed by atoms with Crippen LogP contribution in [-0.4, -0.2) is 38.4 Å². The average molecular weight is 419 g/mol. The van der Waals surface area contributed by atoms with Crippen LogP contribution in [0.1, 0.15) is 44.9 Å². The van der Waals surface area contributed by atoms with Crippen molar-refractivity contribution >= 4 is 23.0 Å². The van der Waals surface area contributed by atoms with Gasteiger partial charge in [-0.1, -0.05) is 19.3 Å². The summed E-state index contributed by atoms with van der Waals surface area (Å²) in [5.41, 5.74) is 2.53. The SMILES string of the molecule is N=C1C=C(OC2CC2)C(C(=O)Nc2cnn3cccnc23)=C/C1=C/NC1CCCCC1. The lowest BCUT2D eigenvalue weighted by molar-refractivity contribution is -0.113. The lowest BCUT2D eigenvalue weighted by atomic mass is 9.95. The largest absolute Gasteiger partial charge is 0.490 e. The molecule has 8 heteroatoms. The first-order valence-electron chi connectivity index (χ1n) is 10.9. The van der Waals surface area contributed by atoms with E-state index in [-0.39, 0.29) is 12.0 Å². The summed E-state index contributed by atoms with van der Waals surface area (Å²) in [4.78, 5) is 17.5. The van der Waals surface area contributed by atoms with Crippen molar-refractivity contribution in [2.24, 2.45) is 0 Å². The molecule has 3 N–H and O–H groups in total. The van der Waals surface area contributed by atoms with Crippen molar-refractivity contribution < 1.29 is 9.53 Å². The van der Waals surface area contributed by atoms with Gasteiger partial charge in [-0.2, -0.15) is 5.10 Å². The van der Waals surface area contributed by atoms with Crippen LogP contribution in [0.4, 0.5) is 5.69 Å². The number of nitrogens with zero attached hydrogens (tertiary/aromatic N) is 3. The molecule has 1 amide bonds. The van der Waals surface area contributed by atoms with E-state index < -0.39 is 0 Å². The summed E-state index contributed by atoms with van der Waals surface area (Å²) >= 11 is 0. The topological polar surface area (TPSA) is 104 Å². The number of carbonyl (C=O) groups is 1. The van der Waals surface area contributed by atoms with Gasteiger partial charge in [0, 0.05) is 36.3 Å². The van der Waals surface area contributed by atoms with Gasteiger partial charge in [0.1, 0.15) is 11.4 Å². The van der Waals surface area contributed by atoms with Crippen LogP contribution < -0.4 is 10.6 Å². The highest BCUT2D eigenvalue weighted by atomic mass is 16.5. The Bertz CT molecular complexity index is 1100. The minimum absolute atomic E-state index is 0.125. The zero-order valence-electron chi connectivity index (χ0n) is 17.3.